The first-order chi connectivity index (χ1) is 15.6. The van der Waals surface area contributed by atoms with Crippen LogP contribution in [0.3, 0.4) is 0 Å². The number of rotatable bonds is 9. The van der Waals surface area contributed by atoms with Crippen molar-refractivity contribution in [2.45, 2.75) is 25.3 Å². The summed E-state index contributed by atoms with van der Waals surface area (Å²) >= 11 is 7.21. The molecule has 0 aliphatic heterocycles. The molecule has 0 aliphatic rings. The molecule has 1 atom stereocenters. The largest absolute Gasteiger partial charge is 0.416 e. The van der Waals surface area contributed by atoms with Crippen LogP contribution in [0.2, 0.25) is 4.34 Å². The zero-order valence-electron chi connectivity index (χ0n) is 17.4. The number of methoxy groups -OCH3 is 1. The van der Waals surface area contributed by atoms with Crippen molar-refractivity contribution in [1.29, 1.82) is 0 Å². The minimum Gasteiger partial charge on any atom is -0.383 e. The van der Waals surface area contributed by atoms with Crippen molar-refractivity contribution in [3.63, 3.8) is 0 Å². The molecule has 0 saturated heterocycles. The number of nitrogens with zero attached hydrogens (tertiary/aromatic N) is 3. The van der Waals surface area contributed by atoms with E-state index in [4.69, 9.17) is 22.1 Å². The van der Waals surface area contributed by atoms with Gasteiger partial charge in [-0.2, -0.15) is 13.2 Å². The van der Waals surface area contributed by atoms with Crippen LogP contribution in [0.15, 0.2) is 41.2 Å². The first-order valence-corrected chi connectivity index (χ1v) is 10.9. The van der Waals surface area contributed by atoms with Crippen LogP contribution in [-0.4, -0.2) is 40.5 Å². The highest BCUT2D eigenvalue weighted by Gasteiger charge is 2.34. The third kappa shape index (κ3) is 6.02. The van der Waals surface area contributed by atoms with Gasteiger partial charge in [0.05, 0.1) is 27.9 Å². The summed E-state index contributed by atoms with van der Waals surface area (Å²) in [6.07, 6.45) is -4.57. The lowest BCUT2D eigenvalue weighted by molar-refractivity contribution is -0.138. The molecule has 0 radical (unpaired) electrons. The van der Waals surface area contributed by atoms with Gasteiger partial charge >= 0.3 is 11.9 Å². The maximum atomic E-state index is 13.2. The Morgan fingerprint density at radius 3 is 2.67 bits per heavy atom. The van der Waals surface area contributed by atoms with Crippen LogP contribution in [0.1, 0.15) is 17.2 Å². The maximum Gasteiger partial charge on any atom is 0.416 e. The number of carbonyl (C=O) groups excluding carboxylic acids is 1. The molecule has 1 amide bonds. The van der Waals surface area contributed by atoms with Gasteiger partial charge in [0.15, 0.2) is 5.82 Å². The number of ether oxygens (including phenoxy) is 1. The van der Waals surface area contributed by atoms with Crippen LogP contribution < -0.4 is 16.7 Å². The molecule has 3 rings (SSSR count). The van der Waals surface area contributed by atoms with Crippen molar-refractivity contribution in [3.05, 3.63) is 62.3 Å². The Hall–Kier alpha value is -2.67. The highest BCUT2D eigenvalue weighted by molar-refractivity contribution is 7.19. The number of aromatic nitrogens is 3. The molecule has 1 aromatic carbocycles. The first-order valence-electron chi connectivity index (χ1n) is 9.72. The van der Waals surface area contributed by atoms with Gasteiger partial charge in [-0.15, -0.1) is 16.4 Å². The van der Waals surface area contributed by atoms with E-state index in [0.29, 0.717) is 15.0 Å². The second kappa shape index (κ2) is 10.5. The van der Waals surface area contributed by atoms with E-state index in [2.05, 4.69) is 10.4 Å². The van der Waals surface area contributed by atoms with Gasteiger partial charge in [0.2, 0.25) is 5.91 Å². The standard InChI is InChI=1S/C20H21ClF3N5O3S/c1-32-9-8-28-18(15-6-7-16(21)33-15)27-29(19(28)31)11-17(30)26-10-14(25)12-4-2-3-5-13(12)20(22,23)24/h2-7,14H,8-11,25H2,1H3,(H,26,30). The summed E-state index contributed by atoms with van der Waals surface area (Å²) in [5, 5.41) is 6.71. The minimum atomic E-state index is -4.57. The molecule has 33 heavy (non-hydrogen) atoms. The average Bonchev–Trinajstić information content (AvgIpc) is 3.33. The van der Waals surface area contributed by atoms with Gasteiger partial charge in [-0.1, -0.05) is 29.8 Å². The van der Waals surface area contributed by atoms with Crippen LogP contribution in [0.5, 0.6) is 0 Å². The van der Waals surface area contributed by atoms with Gasteiger partial charge in [-0.25, -0.2) is 9.48 Å². The number of carbonyl (C=O) groups is 1. The fraction of sp³-hybridized carbons (Fsp3) is 0.350. The van der Waals surface area contributed by atoms with E-state index in [9.17, 15) is 22.8 Å². The Morgan fingerprint density at radius 2 is 2.03 bits per heavy atom. The number of nitrogens with two attached hydrogens (primary N) is 1. The molecule has 0 spiro atoms. The molecule has 178 valence electrons. The lowest BCUT2D eigenvalue weighted by Crippen LogP contribution is -2.37. The van der Waals surface area contributed by atoms with Gasteiger partial charge in [-0.3, -0.25) is 9.36 Å². The monoisotopic (exact) mass is 503 g/mol. The molecule has 0 aliphatic carbocycles. The number of alkyl halides is 3. The number of hydrogen-bond donors (Lipinski definition) is 2. The van der Waals surface area contributed by atoms with Crippen molar-refractivity contribution >= 4 is 28.8 Å². The summed E-state index contributed by atoms with van der Waals surface area (Å²) in [6.45, 7) is -0.227. The fourth-order valence-electron chi connectivity index (χ4n) is 3.15. The number of nitrogens with one attached hydrogen (secondary N) is 1. The normalized spacial score (nSPS) is 12.7. The second-order valence-electron chi connectivity index (χ2n) is 7.01. The van der Waals surface area contributed by atoms with Crippen molar-refractivity contribution in [3.8, 4) is 10.7 Å². The maximum absolute atomic E-state index is 13.2. The summed E-state index contributed by atoms with van der Waals surface area (Å²) in [7, 11) is 1.49. The van der Waals surface area contributed by atoms with E-state index in [1.54, 1.807) is 12.1 Å². The van der Waals surface area contributed by atoms with Crippen molar-refractivity contribution in [1.82, 2.24) is 19.7 Å². The third-order valence-corrected chi connectivity index (χ3v) is 5.94. The Labute approximate surface area is 195 Å². The first kappa shape index (κ1) is 25.0. The van der Waals surface area contributed by atoms with Gasteiger partial charge in [0, 0.05) is 19.7 Å². The number of amides is 1. The van der Waals surface area contributed by atoms with E-state index < -0.39 is 35.9 Å². The summed E-state index contributed by atoms with van der Waals surface area (Å²) in [5.41, 5.74) is 4.37. The zero-order valence-corrected chi connectivity index (χ0v) is 19.0. The molecule has 13 heteroatoms. The zero-order chi connectivity index (χ0) is 24.2. The molecule has 1 unspecified atom stereocenters. The molecule has 3 N–H and O–H groups in total. The minimum absolute atomic E-state index is 0.136. The van der Waals surface area contributed by atoms with Crippen molar-refractivity contribution in [2.75, 3.05) is 20.3 Å². The highest BCUT2D eigenvalue weighted by atomic mass is 35.5. The van der Waals surface area contributed by atoms with Gasteiger partial charge in [0.25, 0.3) is 0 Å². The van der Waals surface area contributed by atoms with Crippen LogP contribution in [0, 0.1) is 0 Å². The fourth-order valence-corrected chi connectivity index (χ4v) is 4.19. The lowest BCUT2D eigenvalue weighted by Gasteiger charge is -2.18. The van der Waals surface area contributed by atoms with Crippen molar-refractivity contribution in [2.24, 2.45) is 5.73 Å². The van der Waals surface area contributed by atoms with E-state index in [1.165, 1.54) is 41.2 Å². The van der Waals surface area contributed by atoms with Gasteiger partial charge in [-0.05, 0) is 23.8 Å². The van der Waals surface area contributed by atoms with Crippen molar-refractivity contribution < 1.29 is 22.7 Å². The molecule has 8 nitrogen and oxygen atoms in total. The summed E-state index contributed by atoms with van der Waals surface area (Å²) in [4.78, 5) is 25.8. The SMILES string of the molecule is COCCn1c(-c2ccc(Cl)s2)nn(CC(=O)NCC(N)c2ccccc2C(F)(F)F)c1=O. The summed E-state index contributed by atoms with van der Waals surface area (Å²) in [6, 6.07) is 7.19. The van der Waals surface area contributed by atoms with Gasteiger partial charge < -0.3 is 15.8 Å². The smallest absolute Gasteiger partial charge is 0.383 e. The van der Waals surface area contributed by atoms with E-state index in [-0.39, 0.29) is 25.3 Å². The number of thiophene rings is 1. The number of benzene rings is 1. The quantitative estimate of drug-likeness (QED) is 0.467. The van der Waals surface area contributed by atoms with Crippen LogP contribution >= 0.6 is 22.9 Å². The second-order valence-corrected chi connectivity index (χ2v) is 8.72. The highest BCUT2D eigenvalue weighted by Crippen LogP contribution is 2.33. The van der Waals surface area contributed by atoms with Crippen LogP contribution in [0.4, 0.5) is 13.2 Å². The average molecular weight is 504 g/mol. The molecule has 2 heterocycles. The molecular formula is C20H21ClF3N5O3S. The van der Waals surface area contributed by atoms with Crippen LogP contribution in [0.25, 0.3) is 10.7 Å². The Bertz CT molecular complexity index is 1170. The summed E-state index contributed by atoms with van der Waals surface area (Å²) in [5.74, 6) is -0.290. The molecule has 0 bridgehead atoms. The molecule has 2 aromatic heterocycles. The predicted molar refractivity (Wildman–Crippen MR) is 118 cm³/mol. The lowest BCUT2D eigenvalue weighted by atomic mass is 10.0. The topological polar surface area (TPSA) is 104 Å². The third-order valence-electron chi connectivity index (χ3n) is 4.71. The van der Waals surface area contributed by atoms with E-state index in [1.807, 2.05) is 0 Å². The molecular weight excluding hydrogens is 483 g/mol. The number of hydrogen-bond acceptors (Lipinski definition) is 6. The summed E-state index contributed by atoms with van der Waals surface area (Å²) < 4.78 is 47.5. The Morgan fingerprint density at radius 1 is 1.30 bits per heavy atom. The Kier molecular flexibility index (Phi) is 7.95. The molecule has 0 saturated carbocycles. The predicted octanol–water partition coefficient (Wildman–Crippen LogP) is 2.91. The van der Waals surface area contributed by atoms with E-state index >= 15 is 0 Å². The number of halogens is 4. The van der Waals surface area contributed by atoms with Gasteiger partial charge in [0.1, 0.15) is 6.54 Å². The molecule has 0 fully saturated rings. The molecule has 3 aromatic rings. The van der Waals surface area contributed by atoms with Crippen LogP contribution in [-0.2, 0) is 28.8 Å². The Balaban J connectivity index is 1.73. The van der Waals surface area contributed by atoms with E-state index in [0.717, 1.165) is 10.7 Å².